The number of nitrogens with one attached hydrogen (secondary N) is 1. The minimum absolute atomic E-state index is 0.110. The van der Waals surface area contributed by atoms with E-state index in [-0.39, 0.29) is 35.0 Å². The summed E-state index contributed by atoms with van der Waals surface area (Å²) in [6.07, 6.45) is 9.18. The van der Waals surface area contributed by atoms with Gasteiger partial charge in [0.15, 0.2) is 0 Å². The molecule has 0 radical (unpaired) electrons. The Bertz CT molecular complexity index is 1780. The summed E-state index contributed by atoms with van der Waals surface area (Å²) in [5, 5.41) is 24.1. The molecule has 6 nitrogen and oxygen atoms in total. The van der Waals surface area contributed by atoms with Crippen molar-refractivity contribution in [1.29, 1.82) is 0 Å². The molecule has 0 saturated heterocycles. The van der Waals surface area contributed by atoms with Crippen LogP contribution in [0.15, 0.2) is 84.9 Å². The maximum Gasteiger partial charge on any atom is 0.239 e. The number of benzene rings is 3. The van der Waals surface area contributed by atoms with Gasteiger partial charge in [0.25, 0.3) is 0 Å². The molecule has 4 aliphatic rings. The molecule has 0 heterocycles. The van der Waals surface area contributed by atoms with Crippen molar-refractivity contribution in [1.82, 2.24) is 4.72 Å². The lowest BCUT2D eigenvalue weighted by molar-refractivity contribution is -0.190. The standard InChI is InChI=1S/C44H57NO5S/c1-30(11-10-16-40(47)45-51(49,50)29-31-12-6-4-7-13-31)36-21-22-37-41-38(23-24-43(36,37)3)42(2)25-26-44(48,28-35(42)27-39(41)46)34-19-17-33(18-20-34)32-14-8-5-9-15-32/h4-9,12-15,17-20,30,35-39,41,46,48H,10-11,16,21-29H2,1-3H3,(H,45,47)/t30-,35-,36-,37+,38+,39-,41+,42+,43-,44+/m1/s1. The van der Waals surface area contributed by atoms with E-state index in [9.17, 15) is 23.4 Å². The van der Waals surface area contributed by atoms with Crippen molar-refractivity contribution in [3.05, 3.63) is 96.1 Å². The van der Waals surface area contributed by atoms with Gasteiger partial charge in [0.05, 0.1) is 17.5 Å². The highest BCUT2D eigenvalue weighted by Crippen LogP contribution is 2.69. The van der Waals surface area contributed by atoms with Gasteiger partial charge in [0.2, 0.25) is 15.9 Å². The number of hydrogen-bond acceptors (Lipinski definition) is 5. The Morgan fingerprint density at radius 2 is 1.49 bits per heavy atom. The van der Waals surface area contributed by atoms with Crippen LogP contribution in [-0.4, -0.2) is 30.6 Å². The molecule has 7 heteroatoms. The number of amides is 1. The average Bonchev–Trinajstić information content (AvgIpc) is 3.46. The predicted molar refractivity (Wildman–Crippen MR) is 203 cm³/mol. The molecule has 274 valence electrons. The smallest absolute Gasteiger partial charge is 0.239 e. The molecule has 3 aromatic rings. The Kier molecular flexibility index (Phi) is 10.0. The molecule has 4 saturated carbocycles. The van der Waals surface area contributed by atoms with E-state index in [1.165, 1.54) is 5.56 Å². The third-order valence-electron chi connectivity index (χ3n) is 14.6. The van der Waals surface area contributed by atoms with Crippen LogP contribution in [0.25, 0.3) is 11.1 Å². The lowest BCUT2D eigenvalue weighted by Crippen LogP contribution is -2.59. The van der Waals surface area contributed by atoms with Crippen molar-refractivity contribution < 1.29 is 23.4 Å². The lowest BCUT2D eigenvalue weighted by Gasteiger charge is -2.63. The van der Waals surface area contributed by atoms with Gasteiger partial charge in [-0.15, -0.1) is 0 Å². The molecule has 10 atom stereocenters. The number of sulfonamides is 1. The van der Waals surface area contributed by atoms with E-state index in [2.05, 4.69) is 74.0 Å². The molecular formula is C44H57NO5S. The fourth-order valence-corrected chi connectivity index (χ4v) is 13.0. The Morgan fingerprint density at radius 3 is 2.20 bits per heavy atom. The predicted octanol–water partition coefficient (Wildman–Crippen LogP) is 8.62. The van der Waals surface area contributed by atoms with Crippen LogP contribution in [0, 0.1) is 46.3 Å². The molecule has 51 heavy (non-hydrogen) atoms. The number of hydrogen-bond donors (Lipinski definition) is 3. The van der Waals surface area contributed by atoms with Crippen LogP contribution in [0.4, 0.5) is 0 Å². The van der Waals surface area contributed by atoms with Gasteiger partial charge in [-0.1, -0.05) is 106 Å². The fraction of sp³-hybridized carbons (Fsp3) is 0.568. The number of fused-ring (bicyclic) bond motifs is 5. The SMILES string of the molecule is C[C@H](CCCC(=O)NS(=O)(=O)Cc1ccccc1)[C@H]1CC[C@H]2[C@@H]3[C@H](O)C[C@@H]4C[C@](O)(c5ccc(-c6ccccc6)cc5)CC[C@]4(C)[C@H]3CC[C@]12C. The van der Waals surface area contributed by atoms with Crippen LogP contribution in [0.3, 0.4) is 0 Å². The first-order valence-corrected chi connectivity index (χ1v) is 21.1. The summed E-state index contributed by atoms with van der Waals surface area (Å²) >= 11 is 0. The van der Waals surface area contributed by atoms with E-state index in [0.29, 0.717) is 48.0 Å². The molecule has 7 rings (SSSR count). The second-order valence-electron chi connectivity index (χ2n) is 17.3. The van der Waals surface area contributed by atoms with Gasteiger partial charge in [-0.2, -0.15) is 0 Å². The summed E-state index contributed by atoms with van der Waals surface area (Å²) in [6, 6.07) is 27.8. The number of rotatable bonds is 10. The fourth-order valence-electron chi connectivity index (χ4n) is 11.9. The molecule has 0 spiro atoms. The Morgan fingerprint density at radius 1 is 0.843 bits per heavy atom. The molecular weight excluding hydrogens is 655 g/mol. The quantitative estimate of drug-likeness (QED) is 0.195. The van der Waals surface area contributed by atoms with Gasteiger partial charge in [-0.05, 0) is 133 Å². The normalized spacial score (nSPS) is 35.2. The number of carbonyl (C=O) groups excluding carboxylic acids is 1. The maximum atomic E-state index is 12.6. The van der Waals surface area contributed by atoms with E-state index in [1.807, 2.05) is 12.1 Å². The van der Waals surface area contributed by atoms with E-state index < -0.39 is 21.5 Å². The van der Waals surface area contributed by atoms with Gasteiger partial charge in [0, 0.05) is 6.42 Å². The van der Waals surface area contributed by atoms with Crippen molar-refractivity contribution in [2.24, 2.45) is 46.3 Å². The summed E-state index contributed by atoms with van der Waals surface area (Å²) in [5.41, 5.74) is 3.39. The molecule has 0 bridgehead atoms. The molecule has 3 aromatic carbocycles. The zero-order chi connectivity index (χ0) is 36.0. The first-order valence-electron chi connectivity index (χ1n) is 19.4. The maximum absolute atomic E-state index is 12.6. The summed E-state index contributed by atoms with van der Waals surface area (Å²) in [4.78, 5) is 12.6. The minimum atomic E-state index is -3.73. The van der Waals surface area contributed by atoms with E-state index in [4.69, 9.17) is 0 Å². The van der Waals surface area contributed by atoms with Crippen molar-refractivity contribution in [2.75, 3.05) is 0 Å². The molecule has 0 unspecified atom stereocenters. The van der Waals surface area contributed by atoms with Crippen molar-refractivity contribution in [3.8, 4) is 11.1 Å². The minimum Gasteiger partial charge on any atom is -0.393 e. The monoisotopic (exact) mass is 711 g/mol. The number of carbonyl (C=O) groups is 1. The summed E-state index contributed by atoms with van der Waals surface area (Å²) in [5.74, 6) is 1.84. The van der Waals surface area contributed by atoms with Gasteiger partial charge < -0.3 is 10.2 Å². The van der Waals surface area contributed by atoms with Crippen LogP contribution < -0.4 is 4.72 Å². The summed E-state index contributed by atoms with van der Waals surface area (Å²) in [7, 11) is -3.73. The Hall–Kier alpha value is -3.00. The number of aliphatic hydroxyl groups excluding tert-OH is 1. The number of aliphatic hydroxyl groups is 2. The first-order chi connectivity index (χ1) is 24.3. The van der Waals surface area contributed by atoms with Crippen molar-refractivity contribution in [2.45, 2.75) is 109 Å². The molecule has 4 aliphatic carbocycles. The van der Waals surface area contributed by atoms with E-state index in [0.717, 1.165) is 62.5 Å². The largest absolute Gasteiger partial charge is 0.393 e. The van der Waals surface area contributed by atoms with Crippen LogP contribution in [0.5, 0.6) is 0 Å². The Labute approximate surface area is 305 Å². The molecule has 0 aliphatic heterocycles. The van der Waals surface area contributed by atoms with Crippen LogP contribution in [0.1, 0.15) is 103 Å². The Balaban J connectivity index is 0.962. The van der Waals surface area contributed by atoms with Crippen LogP contribution in [0.2, 0.25) is 0 Å². The van der Waals surface area contributed by atoms with Crippen molar-refractivity contribution in [3.63, 3.8) is 0 Å². The molecule has 3 N–H and O–H groups in total. The summed E-state index contributed by atoms with van der Waals surface area (Å²) < 4.78 is 27.4. The lowest BCUT2D eigenvalue weighted by atomic mass is 9.42. The van der Waals surface area contributed by atoms with Gasteiger partial charge in [-0.25, -0.2) is 8.42 Å². The third kappa shape index (κ3) is 7.07. The third-order valence-corrected chi connectivity index (χ3v) is 15.8. The van der Waals surface area contributed by atoms with E-state index in [1.54, 1.807) is 24.3 Å². The molecule has 1 amide bonds. The molecule has 4 fully saturated rings. The highest BCUT2D eigenvalue weighted by molar-refractivity contribution is 7.89. The van der Waals surface area contributed by atoms with E-state index >= 15 is 0 Å². The highest BCUT2D eigenvalue weighted by atomic mass is 32.2. The first kappa shape index (κ1) is 36.4. The van der Waals surface area contributed by atoms with Gasteiger partial charge in [-0.3, -0.25) is 9.52 Å². The zero-order valence-electron chi connectivity index (χ0n) is 30.6. The topological polar surface area (TPSA) is 104 Å². The second kappa shape index (κ2) is 14.1. The van der Waals surface area contributed by atoms with Gasteiger partial charge in [0.1, 0.15) is 0 Å². The second-order valence-corrected chi connectivity index (χ2v) is 19.1. The van der Waals surface area contributed by atoms with Crippen LogP contribution in [-0.2, 0) is 26.2 Å². The highest BCUT2D eigenvalue weighted by Gasteiger charge is 2.64. The molecule has 0 aromatic heterocycles. The summed E-state index contributed by atoms with van der Waals surface area (Å²) in [6.45, 7) is 7.27. The van der Waals surface area contributed by atoms with Gasteiger partial charge >= 0.3 is 0 Å². The van der Waals surface area contributed by atoms with Crippen molar-refractivity contribution >= 4 is 15.9 Å². The average molecular weight is 712 g/mol. The zero-order valence-corrected chi connectivity index (χ0v) is 31.5. The van der Waals surface area contributed by atoms with Crippen LogP contribution >= 0.6 is 0 Å².